The number of halogens is 1. The van der Waals surface area contributed by atoms with Crippen LogP contribution in [0.5, 0.6) is 0 Å². The van der Waals surface area contributed by atoms with Gasteiger partial charge in [-0.25, -0.2) is 14.4 Å². The SMILES string of the molecule is COC(C(=O)N1Cc2c(NC(=O)C3(S(C)(C)C)CCC3)n[nH]c2C1(C)C)c1ccccc1F. The largest absolute Gasteiger partial charge is 0.367 e. The van der Waals surface area contributed by atoms with Crippen LogP contribution in [-0.4, -0.2) is 57.5 Å². The van der Waals surface area contributed by atoms with Crippen LogP contribution < -0.4 is 5.32 Å². The second-order valence-corrected chi connectivity index (χ2v) is 14.6. The summed E-state index contributed by atoms with van der Waals surface area (Å²) in [6, 6.07) is 6.14. The summed E-state index contributed by atoms with van der Waals surface area (Å²) in [7, 11) is 0.293. The molecule has 1 aromatic heterocycles. The van der Waals surface area contributed by atoms with Crippen molar-refractivity contribution in [1.82, 2.24) is 15.1 Å². The van der Waals surface area contributed by atoms with Gasteiger partial charge in [-0.15, -0.1) is 0 Å². The van der Waals surface area contributed by atoms with Crippen molar-refractivity contribution in [3.05, 3.63) is 46.9 Å². The first kappa shape index (κ1) is 23.8. The monoisotopic (exact) mass is 476 g/mol. The van der Waals surface area contributed by atoms with Crippen LogP contribution in [-0.2, 0) is 26.4 Å². The van der Waals surface area contributed by atoms with Gasteiger partial charge < -0.3 is 15.0 Å². The Morgan fingerprint density at radius 1 is 1.24 bits per heavy atom. The average Bonchev–Trinajstić information content (AvgIpc) is 3.20. The number of H-pyrrole nitrogens is 1. The standard InChI is InChI=1S/C24H33FN4O3S/c1-23(2)19-16(14-29(23)21(30)18(32-3)15-10-7-8-11-17(15)25)20(28-27-19)26-22(31)24(12-9-13-24)33(4,5)6/h7-8,10-11,18H,9,12-14H2,1-6H3,(H2,26,27,28,31). The molecule has 2 aromatic rings. The van der Waals surface area contributed by atoms with E-state index in [2.05, 4.69) is 34.3 Å². The number of benzene rings is 1. The average molecular weight is 477 g/mol. The molecule has 1 unspecified atom stereocenters. The summed E-state index contributed by atoms with van der Waals surface area (Å²) in [6.07, 6.45) is 8.30. The van der Waals surface area contributed by atoms with Crippen molar-refractivity contribution in [2.45, 2.75) is 56.0 Å². The Morgan fingerprint density at radius 3 is 2.45 bits per heavy atom. The summed E-state index contributed by atoms with van der Waals surface area (Å²) < 4.78 is 19.5. The summed E-state index contributed by atoms with van der Waals surface area (Å²) in [4.78, 5) is 28.5. The number of nitrogens with zero attached hydrogens (tertiary/aromatic N) is 2. The van der Waals surface area contributed by atoms with Crippen molar-refractivity contribution >= 4 is 27.7 Å². The molecule has 1 saturated carbocycles. The highest BCUT2D eigenvalue weighted by Gasteiger charge is 2.51. The molecule has 0 saturated heterocycles. The maximum atomic E-state index is 14.4. The molecule has 33 heavy (non-hydrogen) atoms. The fourth-order valence-corrected chi connectivity index (χ4v) is 7.12. The molecule has 1 aliphatic carbocycles. The number of aromatic nitrogens is 2. The van der Waals surface area contributed by atoms with Crippen LogP contribution in [0.15, 0.2) is 24.3 Å². The van der Waals surface area contributed by atoms with E-state index in [9.17, 15) is 14.0 Å². The van der Waals surface area contributed by atoms with Gasteiger partial charge in [-0.05, 0) is 57.9 Å². The van der Waals surface area contributed by atoms with Crippen LogP contribution in [0.25, 0.3) is 0 Å². The van der Waals surface area contributed by atoms with Gasteiger partial charge in [0.1, 0.15) is 5.82 Å². The minimum Gasteiger partial charge on any atom is -0.367 e. The summed E-state index contributed by atoms with van der Waals surface area (Å²) in [5, 5.41) is 10.5. The molecule has 2 amide bonds. The third-order valence-corrected chi connectivity index (χ3v) is 10.3. The van der Waals surface area contributed by atoms with E-state index in [4.69, 9.17) is 4.74 Å². The third-order valence-electron chi connectivity index (χ3n) is 7.36. The molecule has 2 N–H and O–H groups in total. The highest BCUT2D eigenvalue weighted by molar-refractivity contribution is 8.33. The lowest BCUT2D eigenvalue weighted by molar-refractivity contribution is -0.148. The molecule has 180 valence electrons. The quantitative estimate of drug-likeness (QED) is 0.658. The van der Waals surface area contributed by atoms with Crippen molar-refractivity contribution in [3.63, 3.8) is 0 Å². The van der Waals surface area contributed by atoms with Crippen molar-refractivity contribution in [2.24, 2.45) is 0 Å². The van der Waals surface area contributed by atoms with Crippen LogP contribution in [0.1, 0.15) is 56.0 Å². The molecule has 0 radical (unpaired) electrons. The number of methoxy groups -OCH3 is 1. The number of nitrogens with one attached hydrogen (secondary N) is 2. The molecule has 0 spiro atoms. The minimum atomic E-state index is -1.11. The summed E-state index contributed by atoms with van der Waals surface area (Å²) in [6.45, 7) is 4.06. The Balaban J connectivity index is 1.60. The maximum Gasteiger partial charge on any atom is 0.257 e. The van der Waals surface area contributed by atoms with Crippen LogP contribution in [0, 0.1) is 5.82 Å². The van der Waals surface area contributed by atoms with Gasteiger partial charge in [-0.2, -0.15) is 5.10 Å². The molecule has 4 rings (SSSR count). The summed E-state index contributed by atoms with van der Waals surface area (Å²) in [5.74, 6) is -0.357. The van der Waals surface area contributed by atoms with Crippen LogP contribution in [0.2, 0.25) is 0 Å². The Labute approximate surface area is 195 Å². The fraction of sp³-hybridized carbons (Fsp3) is 0.542. The molecular weight excluding hydrogens is 443 g/mol. The van der Waals surface area contributed by atoms with E-state index in [1.165, 1.54) is 13.2 Å². The number of rotatable bonds is 6. The van der Waals surface area contributed by atoms with Crippen LogP contribution >= 0.6 is 10.0 Å². The second kappa shape index (κ2) is 8.13. The Kier molecular flexibility index (Phi) is 5.85. The molecule has 0 bridgehead atoms. The topological polar surface area (TPSA) is 87.3 Å². The molecule has 7 nitrogen and oxygen atoms in total. The Morgan fingerprint density at radius 2 is 1.91 bits per heavy atom. The lowest BCUT2D eigenvalue weighted by Gasteiger charge is -2.53. The summed E-state index contributed by atoms with van der Waals surface area (Å²) >= 11 is 0. The molecule has 2 aliphatic rings. The molecule has 1 atom stereocenters. The lowest BCUT2D eigenvalue weighted by atomic mass is 9.83. The number of fused-ring (bicyclic) bond motifs is 1. The molecule has 2 heterocycles. The van der Waals surface area contributed by atoms with Gasteiger partial charge in [0.05, 0.1) is 22.5 Å². The van der Waals surface area contributed by atoms with E-state index in [1.54, 1.807) is 23.1 Å². The Bertz CT molecular complexity index is 1090. The van der Waals surface area contributed by atoms with Crippen molar-refractivity contribution in [1.29, 1.82) is 0 Å². The van der Waals surface area contributed by atoms with Crippen molar-refractivity contribution in [3.8, 4) is 0 Å². The number of carbonyl (C=O) groups excluding carboxylic acids is 2. The van der Waals surface area contributed by atoms with Crippen LogP contribution in [0.3, 0.4) is 0 Å². The van der Waals surface area contributed by atoms with Gasteiger partial charge in [0, 0.05) is 18.2 Å². The Hall–Kier alpha value is -2.39. The first-order valence-corrected chi connectivity index (χ1v) is 14.0. The molecular formula is C24H33FN4O3S. The third kappa shape index (κ3) is 3.65. The number of hydrogen-bond donors (Lipinski definition) is 2. The zero-order valence-corrected chi connectivity index (χ0v) is 20.9. The number of hydrogen-bond acceptors (Lipinski definition) is 4. The predicted octanol–water partition coefficient (Wildman–Crippen LogP) is 4.07. The van der Waals surface area contributed by atoms with Crippen molar-refractivity contribution < 1.29 is 18.7 Å². The number of amides is 2. The molecule has 1 aromatic carbocycles. The molecule has 9 heteroatoms. The van der Waals surface area contributed by atoms with E-state index < -0.39 is 27.5 Å². The van der Waals surface area contributed by atoms with E-state index in [0.29, 0.717) is 5.82 Å². The number of carbonyl (C=O) groups is 2. The zero-order valence-electron chi connectivity index (χ0n) is 20.1. The van der Waals surface area contributed by atoms with E-state index >= 15 is 0 Å². The first-order valence-electron chi connectivity index (χ1n) is 11.1. The maximum absolute atomic E-state index is 14.4. The fourth-order valence-electron chi connectivity index (χ4n) is 5.00. The minimum absolute atomic E-state index is 0.00857. The van der Waals surface area contributed by atoms with Gasteiger partial charge in [-0.1, -0.05) is 18.2 Å². The van der Waals surface area contributed by atoms with Gasteiger partial charge in [-0.3, -0.25) is 14.7 Å². The second-order valence-electron chi connectivity index (χ2n) is 10.2. The van der Waals surface area contributed by atoms with Gasteiger partial charge in [0.15, 0.2) is 11.9 Å². The van der Waals surface area contributed by atoms with Crippen LogP contribution in [0.4, 0.5) is 10.2 Å². The lowest BCUT2D eigenvalue weighted by Crippen LogP contribution is -2.51. The smallest absolute Gasteiger partial charge is 0.257 e. The summed E-state index contributed by atoms with van der Waals surface area (Å²) in [5.41, 5.74) is 1.01. The number of ether oxygens (including phenoxy) is 1. The van der Waals surface area contributed by atoms with E-state index in [1.807, 2.05) is 13.8 Å². The van der Waals surface area contributed by atoms with Gasteiger partial charge in [0.2, 0.25) is 5.91 Å². The highest BCUT2D eigenvalue weighted by Crippen LogP contribution is 2.60. The number of anilines is 1. The van der Waals surface area contributed by atoms with Gasteiger partial charge >= 0.3 is 0 Å². The van der Waals surface area contributed by atoms with Gasteiger partial charge in [0.25, 0.3) is 5.91 Å². The predicted molar refractivity (Wildman–Crippen MR) is 129 cm³/mol. The zero-order chi connectivity index (χ0) is 24.2. The molecule has 1 fully saturated rings. The first-order chi connectivity index (χ1) is 15.4. The molecule has 1 aliphatic heterocycles. The highest BCUT2D eigenvalue weighted by atomic mass is 32.3. The number of aromatic amines is 1. The normalized spacial score (nSPS) is 20.0. The van der Waals surface area contributed by atoms with Crippen molar-refractivity contribution in [2.75, 3.05) is 31.2 Å². The van der Waals surface area contributed by atoms with E-state index in [-0.39, 0.29) is 28.7 Å². The van der Waals surface area contributed by atoms with E-state index in [0.717, 1.165) is 30.5 Å².